The van der Waals surface area contributed by atoms with Crippen LogP contribution in [0.3, 0.4) is 0 Å². The number of fused-ring (bicyclic) bond motifs is 1. The number of benzene rings is 3. The first kappa shape index (κ1) is 17.6. The highest BCUT2D eigenvalue weighted by molar-refractivity contribution is 7.73. The van der Waals surface area contributed by atoms with Gasteiger partial charge in [-0.25, -0.2) is 0 Å². The molecule has 3 aromatic carbocycles. The molecule has 1 heterocycles. The molecule has 4 aromatic rings. The maximum Gasteiger partial charge on any atom is 0.166 e. The second-order valence-electron chi connectivity index (χ2n) is 7.21. The molecule has 1 aliphatic rings. The van der Waals surface area contributed by atoms with Gasteiger partial charge in [0.15, 0.2) is 3.95 Å². The summed E-state index contributed by atoms with van der Waals surface area (Å²) in [5, 5.41) is 0. The van der Waals surface area contributed by atoms with E-state index in [0.29, 0.717) is 0 Å². The van der Waals surface area contributed by atoms with Crippen LogP contribution >= 0.6 is 23.6 Å². The van der Waals surface area contributed by atoms with E-state index in [-0.39, 0.29) is 0 Å². The van der Waals surface area contributed by atoms with E-state index in [1.54, 1.807) is 11.3 Å². The third kappa shape index (κ3) is 3.05. The lowest BCUT2D eigenvalue weighted by Gasteiger charge is -2.21. The van der Waals surface area contributed by atoms with Crippen molar-refractivity contribution in [3.63, 3.8) is 0 Å². The molecule has 5 rings (SSSR count). The molecule has 138 valence electrons. The number of aryl methyl sites for hydroxylation is 1. The molecule has 0 N–H and O–H groups in total. The van der Waals surface area contributed by atoms with Gasteiger partial charge in [-0.3, -0.25) is 4.57 Å². The van der Waals surface area contributed by atoms with Crippen molar-refractivity contribution < 1.29 is 0 Å². The minimum absolute atomic E-state index is 0.965. The number of para-hydroxylation sites is 1. The van der Waals surface area contributed by atoms with Crippen LogP contribution in [0.2, 0.25) is 0 Å². The Labute approximate surface area is 174 Å². The molecule has 0 aliphatic heterocycles. The van der Waals surface area contributed by atoms with Crippen molar-refractivity contribution in [2.45, 2.75) is 25.7 Å². The molecule has 1 aromatic heterocycles. The van der Waals surface area contributed by atoms with Gasteiger partial charge in [0, 0.05) is 21.7 Å². The Morgan fingerprint density at radius 2 is 1.25 bits per heavy atom. The van der Waals surface area contributed by atoms with E-state index >= 15 is 0 Å². The Hall–Kier alpha value is -2.49. The molecule has 0 fully saturated rings. The van der Waals surface area contributed by atoms with E-state index in [1.807, 2.05) is 0 Å². The summed E-state index contributed by atoms with van der Waals surface area (Å²) in [4.78, 5) is 1.47. The van der Waals surface area contributed by atoms with Gasteiger partial charge in [0.2, 0.25) is 0 Å². The summed E-state index contributed by atoms with van der Waals surface area (Å²) in [6.07, 6.45) is 4.78. The van der Waals surface area contributed by atoms with Gasteiger partial charge in [-0.1, -0.05) is 78.9 Å². The first-order valence-corrected chi connectivity index (χ1v) is 11.0. The number of nitrogens with zero attached hydrogens (tertiary/aromatic N) is 1. The van der Waals surface area contributed by atoms with Crippen LogP contribution < -0.4 is 0 Å². The fourth-order valence-corrected chi connectivity index (χ4v) is 5.75. The summed E-state index contributed by atoms with van der Waals surface area (Å²) in [5.74, 6) is 0. The molecule has 0 saturated heterocycles. The van der Waals surface area contributed by atoms with Gasteiger partial charge in [0.05, 0.1) is 5.69 Å². The van der Waals surface area contributed by atoms with Gasteiger partial charge >= 0.3 is 0 Å². The summed E-state index contributed by atoms with van der Waals surface area (Å²) in [6, 6.07) is 28.0. The van der Waals surface area contributed by atoms with Crippen molar-refractivity contribution in [3.8, 4) is 27.9 Å². The Kier molecular flexibility index (Phi) is 4.71. The number of hydrogen-bond acceptors (Lipinski definition) is 2. The van der Waals surface area contributed by atoms with Crippen LogP contribution in [0.15, 0.2) is 78.9 Å². The zero-order valence-electron chi connectivity index (χ0n) is 15.6. The first-order chi connectivity index (χ1) is 13.8. The second-order valence-corrected chi connectivity index (χ2v) is 8.94. The van der Waals surface area contributed by atoms with Gasteiger partial charge in [-0.05, 0) is 49.0 Å². The highest BCUT2D eigenvalue weighted by Crippen LogP contribution is 2.39. The lowest BCUT2D eigenvalue weighted by Crippen LogP contribution is -2.09. The van der Waals surface area contributed by atoms with Crippen LogP contribution in [0.5, 0.6) is 0 Å². The molecule has 0 amide bonds. The molecule has 3 heteroatoms. The van der Waals surface area contributed by atoms with Crippen molar-refractivity contribution in [1.82, 2.24) is 4.57 Å². The van der Waals surface area contributed by atoms with Crippen LogP contribution in [0, 0.1) is 3.95 Å². The number of aromatic nitrogens is 1. The Morgan fingerprint density at radius 3 is 1.86 bits per heavy atom. The third-order valence-corrected chi connectivity index (χ3v) is 6.96. The second kappa shape index (κ2) is 7.50. The molecule has 1 nitrogen and oxygen atoms in total. The van der Waals surface area contributed by atoms with Crippen LogP contribution in [-0.2, 0) is 12.8 Å². The lowest BCUT2D eigenvalue weighted by molar-refractivity contribution is 0.666. The van der Waals surface area contributed by atoms with E-state index in [2.05, 4.69) is 83.4 Å². The average molecular weight is 400 g/mol. The zero-order chi connectivity index (χ0) is 18.9. The topological polar surface area (TPSA) is 4.93 Å². The number of hydrogen-bond donors (Lipinski definition) is 0. The number of rotatable bonds is 3. The standard InChI is InChI=1S/C25H21NS2/c27-25-26(22-16-7-8-17-23(22)28-25)24-20(18-10-3-1-4-11-18)14-9-15-21(24)19-12-5-2-6-13-19/h1-6,9-15H,7-8,16-17H2. The van der Waals surface area contributed by atoms with E-state index in [4.69, 9.17) is 12.2 Å². The van der Waals surface area contributed by atoms with Gasteiger partial charge in [0.1, 0.15) is 0 Å². The van der Waals surface area contributed by atoms with Crippen molar-refractivity contribution in [2.75, 3.05) is 0 Å². The fraction of sp³-hybridized carbons (Fsp3) is 0.160. The molecule has 0 bridgehead atoms. The average Bonchev–Trinajstić information content (AvgIpc) is 3.10. The van der Waals surface area contributed by atoms with Gasteiger partial charge in [-0.15, -0.1) is 11.3 Å². The summed E-state index contributed by atoms with van der Waals surface area (Å²) >= 11 is 7.70. The summed E-state index contributed by atoms with van der Waals surface area (Å²) in [5.41, 5.74) is 7.58. The molecule has 0 atom stereocenters. The van der Waals surface area contributed by atoms with Crippen LogP contribution in [0.1, 0.15) is 23.4 Å². The van der Waals surface area contributed by atoms with Crippen LogP contribution in [0.25, 0.3) is 27.9 Å². The maximum atomic E-state index is 5.90. The van der Waals surface area contributed by atoms with Gasteiger partial charge in [-0.2, -0.15) is 0 Å². The van der Waals surface area contributed by atoms with Crippen LogP contribution in [-0.4, -0.2) is 4.57 Å². The highest BCUT2D eigenvalue weighted by Gasteiger charge is 2.22. The van der Waals surface area contributed by atoms with E-state index in [0.717, 1.165) is 16.8 Å². The van der Waals surface area contributed by atoms with Gasteiger partial charge < -0.3 is 0 Å². The van der Waals surface area contributed by atoms with Gasteiger partial charge in [0.25, 0.3) is 0 Å². The predicted molar refractivity (Wildman–Crippen MR) is 122 cm³/mol. The van der Waals surface area contributed by atoms with Crippen LogP contribution in [0.4, 0.5) is 0 Å². The van der Waals surface area contributed by atoms with E-state index in [1.165, 1.54) is 51.4 Å². The lowest BCUT2D eigenvalue weighted by atomic mass is 9.95. The molecular formula is C25H21NS2. The van der Waals surface area contributed by atoms with Crippen molar-refractivity contribution in [3.05, 3.63) is 93.4 Å². The Morgan fingerprint density at radius 1 is 0.679 bits per heavy atom. The van der Waals surface area contributed by atoms with E-state index < -0.39 is 0 Å². The molecule has 0 radical (unpaired) electrons. The fourth-order valence-electron chi connectivity index (χ4n) is 4.18. The molecular weight excluding hydrogens is 378 g/mol. The largest absolute Gasteiger partial charge is 0.294 e. The summed E-state index contributed by atoms with van der Waals surface area (Å²) < 4.78 is 3.34. The third-order valence-electron chi connectivity index (χ3n) is 5.48. The maximum absolute atomic E-state index is 5.90. The smallest absolute Gasteiger partial charge is 0.166 e. The SMILES string of the molecule is S=c1sc2c(n1-c1c(-c3ccccc3)cccc1-c1ccccc1)CCCC2. The van der Waals surface area contributed by atoms with Crippen molar-refractivity contribution >= 4 is 23.6 Å². The molecule has 28 heavy (non-hydrogen) atoms. The monoisotopic (exact) mass is 399 g/mol. The number of thiazole rings is 1. The zero-order valence-corrected chi connectivity index (χ0v) is 17.2. The Bertz CT molecular complexity index is 1110. The highest BCUT2D eigenvalue weighted by atomic mass is 32.1. The predicted octanol–water partition coefficient (Wildman–Crippen LogP) is 7.48. The molecule has 0 saturated carbocycles. The quantitative estimate of drug-likeness (QED) is 0.323. The van der Waals surface area contributed by atoms with Crippen molar-refractivity contribution in [1.29, 1.82) is 0 Å². The normalized spacial score (nSPS) is 13.3. The Balaban J connectivity index is 1.86. The summed E-state index contributed by atoms with van der Waals surface area (Å²) in [6.45, 7) is 0. The molecule has 0 unspecified atom stereocenters. The summed E-state index contributed by atoms with van der Waals surface area (Å²) in [7, 11) is 0. The minimum Gasteiger partial charge on any atom is -0.294 e. The first-order valence-electron chi connectivity index (χ1n) is 9.81. The van der Waals surface area contributed by atoms with Crippen molar-refractivity contribution in [2.24, 2.45) is 0 Å². The molecule has 0 spiro atoms. The van der Waals surface area contributed by atoms with E-state index in [9.17, 15) is 0 Å². The minimum atomic E-state index is 0.965. The molecule has 1 aliphatic carbocycles.